The number of thioether (sulfide) groups is 1. The minimum Gasteiger partial charge on any atom is -0.481 e. The largest absolute Gasteiger partial charge is 0.481 e. The summed E-state index contributed by atoms with van der Waals surface area (Å²) in [6.45, 7) is 1.05. The lowest BCUT2D eigenvalue weighted by Gasteiger charge is -2.23. The second-order valence-corrected chi connectivity index (χ2v) is 8.97. The fraction of sp³-hybridized carbons (Fsp3) is 0.103. The van der Waals surface area contributed by atoms with Crippen LogP contribution in [-0.4, -0.2) is 27.6 Å². The summed E-state index contributed by atoms with van der Waals surface area (Å²) < 4.78 is 0. The lowest BCUT2D eigenvalue weighted by atomic mass is 10.0. The molecule has 5 heteroatoms. The quantitative estimate of drug-likeness (QED) is 0.291. The third-order valence-electron chi connectivity index (χ3n) is 5.38. The van der Waals surface area contributed by atoms with Crippen LogP contribution in [0.5, 0.6) is 0 Å². The van der Waals surface area contributed by atoms with Crippen LogP contribution in [0.4, 0.5) is 0 Å². The van der Waals surface area contributed by atoms with Gasteiger partial charge in [0.1, 0.15) is 0 Å². The molecule has 0 radical (unpaired) electrons. The summed E-state index contributed by atoms with van der Waals surface area (Å²) in [4.78, 5) is 27.1. The van der Waals surface area contributed by atoms with Crippen LogP contribution in [0.25, 0.3) is 11.1 Å². The van der Waals surface area contributed by atoms with E-state index in [1.165, 1.54) is 11.8 Å². The summed E-state index contributed by atoms with van der Waals surface area (Å²) in [6.07, 6.45) is 0. The molecule has 0 aliphatic heterocycles. The van der Waals surface area contributed by atoms with Gasteiger partial charge in [0, 0.05) is 23.5 Å². The molecular weight excluding hydrogens is 442 g/mol. The standard InChI is InChI=1S/C29H25NO3S/c31-28(32)21-34-27-13-7-12-26(18-27)24-14-16-25(17-15-24)29(33)30(19-22-8-3-1-4-9-22)20-23-10-5-2-6-11-23/h1-18H,19-21H2,(H,31,32). The Morgan fingerprint density at radius 1 is 0.676 bits per heavy atom. The van der Waals surface area contributed by atoms with Gasteiger partial charge in [-0.15, -0.1) is 11.8 Å². The summed E-state index contributed by atoms with van der Waals surface area (Å²) in [5, 5.41) is 8.92. The molecule has 0 aliphatic rings. The molecule has 0 unspecified atom stereocenters. The second kappa shape index (κ2) is 11.3. The van der Waals surface area contributed by atoms with Crippen LogP contribution in [0.1, 0.15) is 21.5 Å². The number of nitrogens with zero attached hydrogens (tertiary/aromatic N) is 1. The number of carbonyl (C=O) groups is 2. The minimum atomic E-state index is -0.839. The van der Waals surface area contributed by atoms with Gasteiger partial charge in [0.25, 0.3) is 5.91 Å². The van der Waals surface area contributed by atoms with E-state index in [1.807, 2.05) is 114 Å². The van der Waals surface area contributed by atoms with Gasteiger partial charge >= 0.3 is 5.97 Å². The predicted octanol–water partition coefficient (Wildman–Crippen LogP) is 6.37. The zero-order valence-electron chi connectivity index (χ0n) is 18.6. The highest BCUT2D eigenvalue weighted by molar-refractivity contribution is 8.00. The third-order valence-corrected chi connectivity index (χ3v) is 6.36. The smallest absolute Gasteiger partial charge is 0.313 e. The van der Waals surface area contributed by atoms with E-state index >= 15 is 0 Å². The first-order chi connectivity index (χ1) is 16.6. The molecule has 0 spiro atoms. The second-order valence-electron chi connectivity index (χ2n) is 7.92. The van der Waals surface area contributed by atoms with E-state index < -0.39 is 5.97 Å². The van der Waals surface area contributed by atoms with Gasteiger partial charge in [-0.25, -0.2) is 0 Å². The lowest BCUT2D eigenvalue weighted by molar-refractivity contribution is -0.133. The Balaban J connectivity index is 1.54. The lowest BCUT2D eigenvalue weighted by Crippen LogP contribution is -2.30. The van der Waals surface area contributed by atoms with Crippen molar-refractivity contribution in [1.82, 2.24) is 4.90 Å². The molecule has 0 heterocycles. The summed E-state index contributed by atoms with van der Waals surface area (Å²) in [5.41, 5.74) is 4.76. The van der Waals surface area contributed by atoms with E-state index in [2.05, 4.69) is 0 Å². The SMILES string of the molecule is O=C(O)CSc1cccc(-c2ccc(C(=O)N(Cc3ccccc3)Cc3ccccc3)cc2)c1. The molecular formula is C29H25NO3S. The van der Waals surface area contributed by atoms with Crippen molar-refractivity contribution in [2.45, 2.75) is 18.0 Å². The Labute approximate surface area is 203 Å². The predicted molar refractivity (Wildman–Crippen MR) is 137 cm³/mol. The number of hydrogen-bond acceptors (Lipinski definition) is 3. The molecule has 1 N–H and O–H groups in total. The molecule has 0 aromatic heterocycles. The molecule has 0 fully saturated rings. The average molecular weight is 468 g/mol. The van der Waals surface area contributed by atoms with Crippen LogP contribution in [0.15, 0.2) is 114 Å². The van der Waals surface area contributed by atoms with E-state index in [1.54, 1.807) is 0 Å². The van der Waals surface area contributed by atoms with E-state index in [4.69, 9.17) is 5.11 Å². The molecule has 0 saturated heterocycles. The van der Waals surface area contributed by atoms with Crippen LogP contribution in [-0.2, 0) is 17.9 Å². The average Bonchev–Trinajstić information content (AvgIpc) is 2.88. The zero-order valence-corrected chi connectivity index (χ0v) is 19.4. The van der Waals surface area contributed by atoms with Crippen molar-refractivity contribution < 1.29 is 14.7 Å². The van der Waals surface area contributed by atoms with Gasteiger partial charge in [0.2, 0.25) is 0 Å². The topological polar surface area (TPSA) is 57.6 Å². The molecule has 0 aliphatic carbocycles. The number of carbonyl (C=O) groups excluding carboxylic acids is 1. The van der Waals surface area contributed by atoms with Gasteiger partial charge in [-0.1, -0.05) is 84.9 Å². The molecule has 4 aromatic rings. The molecule has 34 heavy (non-hydrogen) atoms. The number of aliphatic carboxylic acids is 1. The number of rotatable bonds is 9. The first-order valence-electron chi connectivity index (χ1n) is 11.0. The van der Waals surface area contributed by atoms with E-state index in [-0.39, 0.29) is 11.7 Å². The molecule has 0 atom stereocenters. The van der Waals surface area contributed by atoms with Crippen molar-refractivity contribution in [3.05, 3.63) is 126 Å². The Kier molecular flexibility index (Phi) is 7.79. The Morgan fingerprint density at radius 3 is 1.82 bits per heavy atom. The van der Waals surface area contributed by atoms with E-state index in [0.717, 1.165) is 27.1 Å². The van der Waals surface area contributed by atoms with Gasteiger partial charge < -0.3 is 10.0 Å². The van der Waals surface area contributed by atoms with Crippen LogP contribution in [0.3, 0.4) is 0 Å². The number of benzene rings is 4. The number of carboxylic acid groups (broad SMARTS) is 1. The highest BCUT2D eigenvalue weighted by Crippen LogP contribution is 2.26. The maximum atomic E-state index is 13.5. The number of amides is 1. The number of carboxylic acids is 1. The van der Waals surface area contributed by atoms with Crippen LogP contribution < -0.4 is 0 Å². The molecule has 4 nitrogen and oxygen atoms in total. The monoisotopic (exact) mass is 467 g/mol. The zero-order chi connectivity index (χ0) is 23.8. The third kappa shape index (κ3) is 6.36. The highest BCUT2D eigenvalue weighted by Gasteiger charge is 2.17. The van der Waals surface area contributed by atoms with Gasteiger partial charge in [0.05, 0.1) is 5.75 Å². The van der Waals surface area contributed by atoms with Crippen molar-refractivity contribution >= 4 is 23.6 Å². The summed E-state index contributed by atoms with van der Waals surface area (Å²) in [5.74, 6) is -0.839. The Hall–Kier alpha value is -3.83. The van der Waals surface area contributed by atoms with Gasteiger partial charge in [-0.05, 0) is 46.5 Å². The fourth-order valence-electron chi connectivity index (χ4n) is 3.71. The first-order valence-corrected chi connectivity index (χ1v) is 12.0. The van der Waals surface area contributed by atoms with Crippen molar-refractivity contribution in [3.63, 3.8) is 0 Å². The minimum absolute atomic E-state index is 0.0231. The molecule has 0 saturated carbocycles. The Morgan fingerprint density at radius 2 is 1.26 bits per heavy atom. The van der Waals surface area contributed by atoms with Gasteiger partial charge in [0.15, 0.2) is 0 Å². The fourth-order valence-corrected chi connectivity index (χ4v) is 4.38. The van der Waals surface area contributed by atoms with Gasteiger partial charge in [-0.3, -0.25) is 9.59 Å². The first kappa shape index (κ1) is 23.3. The van der Waals surface area contributed by atoms with E-state index in [0.29, 0.717) is 18.7 Å². The maximum absolute atomic E-state index is 13.5. The van der Waals surface area contributed by atoms with E-state index in [9.17, 15) is 9.59 Å². The molecule has 4 rings (SSSR count). The van der Waals surface area contributed by atoms with Crippen molar-refractivity contribution in [2.24, 2.45) is 0 Å². The van der Waals surface area contributed by atoms with Crippen LogP contribution in [0.2, 0.25) is 0 Å². The highest BCUT2D eigenvalue weighted by atomic mass is 32.2. The van der Waals surface area contributed by atoms with Crippen molar-refractivity contribution in [1.29, 1.82) is 0 Å². The summed E-state index contributed by atoms with van der Waals surface area (Å²) in [6, 6.07) is 35.4. The summed E-state index contributed by atoms with van der Waals surface area (Å²) in [7, 11) is 0. The molecule has 4 aromatic carbocycles. The maximum Gasteiger partial charge on any atom is 0.313 e. The van der Waals surface area contributed by atoms with Crippen molar-refractivity contribution in [2.75, 3.05) is 5.75 Å². The molecule has 1 amide bonds. The Bertz CT molecular complexity index is 1200. The molecule has 170 valence electrons. The van der Waals surface area contributed by atoms with Crippen LogP contribution >= 0.6 is 11.8 Å². The summed E-state index contributed by atoms with van der Waals surface area (Å²) >= 11 is 1.29. The van der Waals surface area contributed by atoms with Crippen molar-refractivity contribution in [3.8, 4) is 11.1 Å². The van der Waals surface area contributed by atoms with Crippen LogP contribution in [0, 0.1) is 0 Å². The number of hydrogen-bond donors (Lipinski definition) is 1. The van der Waals surface area contributed by atoms with Gasteiger partial charge in [-0.2, -0.15) is 0 Å². The molecule has 0 bridgehead atoms. The normalized spacial score (nSPS) is 10.6.